The van der Waals surface area contributed by atoms with Gasteiger partial charge in [-0.25, -0.2) is 0 Å². The van der Waals surface area contributed by atoms with E-state index in [4.69, 9.17) is 0 Å². The third-order valence-corrected chi connectivity index (χ3v) is 3.44. The summed E-state index contributed by atoms with van der Waals surface area (Å²) in [7, 11) is 0. The molecule has 1 unspecified atom stereocenters. The normalized spacial score (nSPS) is 22.1. The minimum atomic E-state index is -0.0705. The van der Waals surface area contributed by atoms with E-state index in [0.29, 0.717) is 0 Å². The van der Waals surface area contributed by atoms with Crippen molar-refractivity contribution in [3.63, 3.8) is 0 Å². The van der Waals surface area contributed by atoms with Gasteiger partial charge in [0, 0.05) is 25.2 Å². The predicted octanol–water partition coefficient (Wildman–Crippen LogP) is 1.81. The van der Waals surface area contributed by atoms with Crippen molar-refractivity contribution in [3.05, 3.63) is 42.0 Å². The van der Waals surface area contributed by atoms with E-state index in [1.54, 1.807) is 0 Å². The molecule has 0 aromatic heterocycles. The molecule has 0 saturated heterocycles. The van der Waals surface area contributed by atoms with Gasteiger partial charge in [-0.2, -0.15) is 0 Å². The Balaban J connectivity index is 1.72. The number of fused-ring (bicyclic) bond motifs is 1. The second kappa shape index (κ2) is 4.24. The first-order chi connectivity index (χ1) is 8.34. The van der Waals surface area contributed by atoms with E-state index >= 15 is 0 Å². The van der Waals surface area contributed by atoms with Crippen molar-refractivity contribution < 1.29 is 4.79 Å². The average molecular weight is 228 g/mol. The summed E-state index contributed by atoms with van der Waals surface area (Å²) >= 11 is 0. The lowest BCUT2D eigenvalue weighted by Crippen LogP contribution is -2.43. The highest BCUT2D eigenvalue weighted by molar-refractivity contribution is 5.87. The van der Waals surface area contributed by atoms with Crippen LogP contribution in [-0.4, -0.2) is 29.9 Å². The molecule has 1 amide bonds. The molecule has 1 atom stereocenters. The molecule has 1 aromatic carbocycles. The van der Waals surface area contributed by atoms with Crippen molar-refractivity contribution in [3.8, 4) is 0 Å². The maximum atomic E-state index is 12.3. The number of amides is 1. The van der Waals surface area contributed by atoms with Crippen LogP contribution in [0.15, 0.2) is 36.4 Å². The van der Waals surface area contributed by atoms with Crippen molar-refractivity contribution in [2.24, 2.45) is 0 Å². The van der Waals surface area contributed by atoms with Gasteiger partial charge >= 0.3 is 0 Å². The largest absolute Gasteiger partial charge is 0.373 e. The standard InChI is InChI=1S/C14H16N2O/c17-14(16-8-4-1-5-9-16)13-10-11-6-2-3-7-12(11)15-13/h1-4,6-7,13,15H,5,8-10H2. The highest BCUT2D eigenvalue weighted by Crippen LogP contribution is 2.26. The van der Waals surface area contributed by atoms with Crippen LogP contribution in [0.3, 0.4) is 0 Å². The number of anilines is 1. The molecule has 2 aliphatic heterocycles. The second-order valence-corrected chi connectivity index (χ2v) is 4.60. The van der Waals surface area contributed by atoms with Gasteiger partial charge in [-0.15, -0.1) is 0 Å². The molecule has 2 heterocycles. The topological polar surface area (TPSA) is 32.3 Å². The van der Waals surface area contributed by atoms with Crippen molar-refractivity contribution in [1.82, 2.24) is 4.90 Å². The number of rotatable bonds is 1. The van der Waals surface area contributed by atoms with E-state index in [1.165, 1.54) is 5.56 Å². The molecule has 3 nitrogen and oxygen atoms in total. The Morgan fingerprint density at radius 2 is 2.18 bits per heavy atom. The molecule has 0 aliphatic carbocycles. The van der Waals surface area contributed by atoms with Crippen LogP contribution >= 0.6 is 0 Å². The molecule has 0 fully saturated rings. The molecule has 3 heteroatoms. The third kappa shape index (κ3) is 1.93. The van der Waals surface area contributed by atoms with Crippen LogP contribution in [0, 0.1) is 0 Å². The first kappa shape index (κ1) is 10.4. The Morgan fingerprint density at radius 1 is 1.29 bits per heavy atom. The minimum Gasteiger partial charge on any atom is -0.373 e. The van der Waals surface area contributed by atoms with Crippen molar-refractivity contribution in [2.75, 3.05) is 18.4 Å². The monoisotopic (exact) mass is 228 g/mol. The van der Waals surface area contributed by atoms with Gasteiger partial charge < -0.3 is 10.2 Å². The number of nitrogens with zero attached hydrogens (tertiary/aromatic N) is 1. The summed E-state index contributed by atoms with van der Waals surface area (Å²) in [6.45, 7) is 1.61. The fourth-order valence-electron chi connectivity index (χ4n) is 2.51. The lowest BCUT2D eigenvalue weighted by molar-refractivity contribution is -0.131. The summed E-state index contributed by atoms with van der Waals surface area (Å²) < 4.78 is 0. The van der Waals surface area contributed by atoms with E-state index in [2.05, 4.69) is 23.5 Å². The van der Waals surface area contributed by atoms with Crippen LogP contribution in [0.4, 0.5) is 5.69 Å². The fourth-order valence-corrected chi connectivity index (χ4v) is 2.51. The number of hydrogen-bond acceptors (Lipinski definition) is 2. The van der Waals surface area contributed by atoms with E-state index in [0.717, 1.165) is 31.6 Å². The zero-order valence-electron chi connectivity index (χ0n) is 9.73. The Kier molecular flexibility index (Phi) is 2.59. The Morgan fingerprint density at radius 3 is 2.94 bits per heavy atom. The molecule has 3 rings (SSSR count). The Labute approximate surface area is 101 Å². The number of benzene rings is 1. The molecule has 0 radical (unpaired) electrons. The van der Waals surface area contributed by atoms with E-state index < -0.39 is 0 Å². The van der Waals surface area contributed by atoms with Gasteiger partial charge in [-0.3, -0.25) is 4.79 Å². The summed E-state index contributed by atoms with van der Waals surface area (Å²) in [5, 5.41) is 3.32. The van der Waals surface area contributed by atoms with E-state index in [9.17, 15) is 4.79 Å². The number of carbonyl (C=O) groups excluding carboxylic acids is 1. The summed E-state index contributed by atoms with van der Waals surface area (Å²) in [6.07, 6.45) is 6.00. The highest BCUT2D eigenvalue weighted by Gasteiger charge is 2.29. The summed E-state index contributed by atoms with van der Waals surface area (Å²) in [5.41, 5.74) is 2.36. The molecule has 88 valence electrons. The fraction of sp³-hybridized carbons (Fsp3) is 0.357. The number of nitrogens with one attached hydrogen (secondary N) is 1. The van der Waals surface area contributed by atoms with Gasteiger partial charge in [-0.1, -0.05) is 30.4 Å². The number of hydrogen-bond donors (Lipinski definition) is 1. The predicted molar refractivity (Wildman–Crippen MR) is 67.9 cm³/mol. The maximum Gasteiger partial charge on any atom is 0.245 e. The van der Waals surface area contributed by atoms with Gasteiger partial charge in [0.1, 0.15) is 6.04 Å². The van der Waals surface area contributed by atoms with Crippen LogP contribution in [0.1, 0.15) is 12.0 Å². The summed E-state index contributed by atoms with van der Waals surface area (Å²) in [5.74, 6) is 0.227. The van der Waals surface area contributed by atoms with Gasteiger partial charge in [-0.05, 0) is 18.1 Å². The summed E-state index contributed by atoms with van der Waals surface area (Å²) in [4.78, 5) is 14.2. The smallest absolute Gasteiger partial charge is 0.245 e. The third-order valence-electron chi connectivity index (χ3n) is 3.44. The van der Waals surface area contributed by atoms with Gasteiger partial charge in [0.25, 0.3) is 0 Å². The zero-order chi connectivity index (χ0) is 11.7. The minimum absolute atomic E-state index is 0.0705. The van der Waals surface area contributed by atoms with Crippen LogP contribution < -0.4 is 5.32 Å². The van der Waals surface area contributed by atoms with Gasteiger partial charge in [0.05, 0.1) is 0 Å². The maximum absolute atomic E-state index is 12.3. The Bertz CT molecular complexity index is 442. The van der Waals surface area contributed by atoms with Crippen LogP contribution in [-0.2, 0) is 11.2 Å². The van der Waals surface area contributed by atoms with Crippen molar-refractivity contribution >= 4 is 11.6 Å². The van der Waals surface area contributed by atoms with Crippen LogP contribution in [0.25, 0.3) is 0 Å². The zero-order valence-corrected chi connectivity index (χ0v) is 9.73. The average Bonchev–Trinajstić information content (AvgIpc) is 2.82. The second-order valence-electron chi connectivity index (χ2n) is 4.60. The van der Waals surface area contributed by atoms with Gasteiger partial charge in [0.15, 0.2) is 0 Å². The lowest BCUT2D eigenvalue weighted by Gasteiger charge is -2.26. The quantitative estimate of drug-likeness (QED) is 0.743. The first-order valence-corrected chi connectivity index (χ1v) is 6.13. The molecule has 1 aromatic rings. The van der Waals surface area contributed by atoms with Crippen LogP contribution in [0.5, 0.6) is 0 Å². The van der Waals surface area contributed by atoms with E-state index in [1.807, 2.05) is 23.1 Å². The first-order valence-electron chi connectivity index (χ1n) is 6.13. The molecular formula is C14H16N2O. The molecule has 17 heavy (non-hydrogen) atoms. The number of carbonyl (C=O) groups is 1. The molecule has 0 saturated carbocycles. The summed E-state index contributed by atoms with van der Waals surface area (Å²) in [6, 6.07) is 8.09. The van der Waals surface area contributed by atoms with Crippen LogP contribution in [0.2, 0.25) is 0 Å². The number of para-hydroxylation sites is 1. The molecule has 1 N–H and O–H groups in total. The molecule has 0 spiro atoms. The molecule has 0 bridgehead atoms. The molecule has 2 aliphatic rings. The van der Waals surface area contributed by atoms with Gasteiger partial charge in [0.2, 0.25) is 5.91 Å². The SMILES string of the molecule is O=C(C1Cc2ccccc2N1)N1CC=CCC1. The lowest BCUT2D eigenvalue weighted by atomic mass is 10.1. The van der Waals surface area contributed by atoms with E-state index in [-0.39, 0.29) is 11.9 Å². The Hall–Kier alpha value is -1.77. The highest BCUT2D eigenvalue weighted by atomic mass is 16.2. The van der Waals surface area contributed by atoms with Crippen molar-refractivity contribution in [1.29, 1.82) is 0 Å². The van der Waals surface area contributed by atoms with Crippen molar-refractivity contribution in [2.45, 2.75) is 18.9 Å². The molecular weight excluding hydrogens is 212 g/mol.